The zero-order valence-electron chi connectivity index (χ0n) is 10.6. The number of nitrogens with zero attached hydrogens (tertiary/aromatic N) is 4. The van der Waals surface area contributed by atoms with E-state index in [0.29, 0.717) is 6.54 Å². The summed E-state index contributed by atoms with van der Waals surface area (Å²) in [6.07, 6.45) is 2.83. The maximum Gasteiger partial charge on any atom is 0.225 e. The van der Waals surface area contributed by atoms with Crippen molar-refractivity contribution in [1.82, 2.24) is 14.9 Å². The number of aromatic nitrogens is 2. The van der Waals surface area contributed by atoms with Crippen molar-refractivity contribution < 1.29 is 5.11 Å². The number of hydrogen-bond acceptors (Lipinski definition) is 6. The molecule has 0 aromatic carbocycles. The average molecular weight is 251 g/mol. The number of rotatable bonds is 4. The fourth-order valence-corrected chi connectivity index (χ4v) is 2.19. The minimum absolute atomic E-state index is 0.221. The molecule has 1 saturated heterocycles. The lowest BCUT2D eigenvalue weighted by atomic mass is 10.4. The van der Waals surface area contributed by atoms with E-state index in [2.05, 4.69) is 19.8 Å². The van der Waals surface area contributed by atoms with Crippen LogP contribution in [0.5, 0.6) is 0 Å². The summed E-state index contributed by atoms with van der Waals surface area (Å²) in [7, 11) is 0. The molecule has 0 aliphatic carbocycles. The van der Waals surface area contributed by atoms with Crippen molar-refractivity contribution >= 4 is 5.95 Å². The van der Waals surface area contributed by atoms with Crippen LogP contribution in [0.2, 0.25) is 0 Å². The molecule has 0 saturated carbocycles. The molecule has 0 atom stereocenters. The summed E-state index contributed by atoms with van der Waals surface area (Å²) in [5.74, 6) is 0.767. The second-order valence-corrected chi connectivity index (χ2v) is 4.46. The molecule has 100 valence electrons. The van der Waals surface area contributed by atoms with Crippen molar-refractivity contribution in [2.75, 3.05) is 44.2 Å². The van der Waals surface area contributed by atoms with Gasteiger partial charge in [0, 0.05) is 38.9 Å². The third-order valence-corrected chi connectivity index (χ3v) is 3.20. The van der Waals surface area contributed by atoms with Gasteiger partial charge in [-0.2, -0.15) is 0 Å². The molecule has 0 bridgehead atoms. The van der Waals surface area contributed by atoms with Gasteiger partial charge in [-0.15, -0.1) is 0 Å². The Balaban J connectivity index is 2.00. The van der Waals surface area contributed by atoms with E-state index in [9.17, 15) is 0 Å². The zero-order valence-corrected chi connectivity index (χ0v) is 10.6. The highest BCUT2D eigenvalue weighted by Crippen LogP contribution is 2.11. The smallest absolute Gasteiger partial charge is 0.225 e. The Morgan fingerprint density at radius 3 is 2.94 bits per heavy atom. The Morgan fingerprint density at radius 2 is 2.17 bits per heavy atom. The van der Waals surface area contributed by atoms with Crippen LogP contribution in [0.3, 0.4) is 0 Å². The molecule has 1 aromatic heterocycles. The first-order chi connectivity index (χ1) is 8.83. The average Bonchev–Trinajstić information content (AvgIpc) is 2.65. The molecular formula is C12H21N5O. The highest BCUT2D eigenvalue weighted by Gasteiger charge is 2.16. The predicted octanol–water partition coefficient (Wildman–Crippen LogP) is -0.560. The maximum absolute atomic E-state index is 8.97. The van der Waals surface area contributed by atoms with Gasteiger partial charge in [-0.25, -0.2) is 9.97 Å². The van der Waals surface area contributed by atoms with Crippen LogP contribution in [0.25, 0.3) is 0 Å². The number of β-amino-alcohol motifs (C(OH)–C–C–N with tert-alkyl or cyclic N) is 1. The molecule has 0 unspecified atom stereocenters. The van der Waals surface area contributed by atoms with Crippen LogP contribution < -0.4 is 10.6 Å². The predicted molar refractivity (Wildman–Crippen MR) is 70.3 cm³/mol. The second kappa shape index (κ2) is 6.63. The van der Waals surface area contributed by atoms with Gasteiger partial charge in [-0.3, -0.25) is 4.90 Å². The molecule has 1 aliphatic heterocycles. The maximum atomic E-state index is 8.97. The molecule has 1 aromatic rings. The SMILES string of the molecule is NCc1ccnc(N2CCCN(CCO)CC2)n1. The molecule has 0 spiro atoms. The van der Waals surface area contributed by atoms with Gasteiger partial charge in [-0.1, -0.05) is 0 Å². The van der Waals surface area contributed by atoms with Gasteiger partial charge in [0.1, 0.15) is 0 Å². The van der Waals surface area contributed by atoms with Gasteiger partial charge < -0.3 is 15.7 Å². The van der Waals surface area contributed by atoms with Crippen LogP contribution in [0.1, 0.15) is 12.1 Å². The number of anilines is 1. The Hall–Kier alpha value is -1.24. The summed E-state index contributed by atoms with van der Waals surface area (Å²) in [5, 5.41) is 8.97. The first kappa shape index (κ1) is 13.2. The molecule has 2 rings (SSSR count). The van der Waals surface area contributed by atoms with Crippen LogP contribution in [-0.2, 0) is 6.54 Å². The Bertz CT molecular complexity index is 373. The van der Waals surface area contributed by atoms with Gasteiger partial charge in [-0.05, 0) is 19.0 Å². The molecule has 2 heterocycles. The van der Waals surface area contributed by atoms with Crippen molar-refractivity contribution in [3.05, 3.63) is 18.0 Å². The zero-order chi connectivity index (χ0) is 12.8. The van der Waals surface area contributed by atoms with Crippen LogP contribution in [-0.4, -0.2) is 59.3 Å². The summed E-state index contributed by atoms with van der Waals surface area (Å²) in [4.78, 5) is 13.2. The molecule has 0 radical (unpaired) electrons. The summed E-state index contributed by atoms with van der Waals surface area (Å²) in [5.41, 5.74) is 6.47. The number of hydrogen-bond donors (Lipinski definition) is 2. The standard InChI is InChI=1S/C12H21N5O/c13-10-11-2-3-14-12(15-11)17-5-1-4-16(6-7-17)8-9-18/h2-3,18H,1,4-10,13H2. The van der Waals surface area contributed by atoms with E-state index in [1.165, 1.54) is 0 Å². The highest BCUT2D eigenvalue weighted by molar-refractivity contribution is 5.30. The quantitative estimate of drug-likeness (QED) is 0.747. The van der Waals surface area contributed by atoms with Gasteiger partial charge >= 0.3 is 0 Å². The van der Waals surface area contributed by atoms with Crippen molar-refractivity contribution in [2.24, 2.45) is 5.73 Å². The number of nitrogens with two attached hydrogens (primary N) is 1. The summed E-state index contributed by atoms with van der Waals surface area (Å²) >= 11 is 0. The Morgan fingerprint density at radius 1 is 1.28 bits per heavy atom. The van der Waals surface area contributed by atoms with Crippen molar-refractivity contribution in [3.8, 4) is 0 Å². The number of aliphatic hydroxyl groups is 1. The van der Waals surface area contributed by atoms with Crippen LogP contribution in [0.15, 0.2) is 12.3 Å². The van der Waals surface area contributed by atoms with Crippen molar-refractivity contribution in [2.45, 2.75) is 13.0 Å². The van der Waals surface area contributed by atoms with E-state index in [-0.39, 0.29) is 6.61 Å². The van der Waals surface area contributed by atoms with Gasteiger partial charge in [0.25, 0.3) is 0 Å². The Kier molecular flexibility index (Phi) is 4.86. The normalized spacial score (nSPS) is 17.8. The molecule has 1 fully saturated rings. The van der Waals surface area contributed by atoms with E-state index in [1.807, 2.05) is 6.07 Å². The first-order valence-electron chi connectivity index (χ1n) is 6.43. The lowest BCUT2D eigenvalue weighted by molar-refractivity contribution is 0.204. The number of aliphatic hydroxyl groups excluding tert-OH is 1. The topological polar surface area (TPSA) is 78.5 Å². The van der Waals surface area contributed by atoms with E-state index in [1.54, 1.807) is 6.20 Å². The second-order valence-electron chi connectivity index (χ2n) is 4.46. The summed E-state index contributed by atoms with van der Waals surface area (Å²) in [6, 6.07) is 1.85. The van der Waals surface area contributed by atoms with E-state index in [0.717, 1.165) is 50.8 Å². The lowest BCUT2D eigenvalue weighted by Crippen LogP contribution is -2.33. The Labute approximate surface area is 107 Å². The van der Waals surface area contributed by atoms with E-state index in [4.69, 9.17) is 10.8 Å². The molecule has 6 nitrogen and oxygen atoms in total. The van der Waals surface area contributed by atoms with Crippen molar-refractivity contribution in [3.63, 3.8) is 0 Å². The summed E-state index contributed by atoms with van der Waals surface area (Å²) in [6.45, 7) is 5.23. The van der Waals surface area contributed by atoms with Crippen LogP contribution in [0, 0.1) is 0 Å². The first-order valence-corrected chi connectivity index (χ1v) is 6.43. The highest BCUT2D eigenvalue weighted by atomic mass is 16.3. The molecule has 3 N–H and O–H groups in total. The largest absolute Gasteiger partial charge is 0.395 e. The lowest BCUT2D eigenvalue weighted by Gasteiger charge is -2.21. The van der Waals surface area contributed by atoms with Crippen molar-refractivity contribution in [1.29, 1.82) is 0 Å². The molecule has 18 heavy (non-hydrogen) atoms. The monoisotopic (exact) mass is 251 g/mol. The minimum Gasteiger partial charge on any atom is -0.395 e. The van der Waals surface area contributed by atoms with Gasteiger partial charge in [0.05, 0.1) is 12.3 Å². The fourth-order valence-electron chi connectivity index (χ4n) is 2.19. The molecule has 0 amide bonds. The summed E-state index contributed by atoms with van der Waals surface area (Å²) < 4.78 is 0. The van der Waals surface area contributed by atoms with Gasteiger partial charge in [0.2, 0.25) is 5.95 Å². The van der Waals surface area contributed by atoms with Crippen LogP contribution in [0.4, 0.5) is 5.95 Å². The fraction of sp³-hybridized carbons (Fsp3) is 0.667. The molecule has 6 heteroatoms. The third-order valence-electron chi connectivity index (χ3n) is 3.20. The molecular weight excluding hydrogens is 230 g/mol. The van der Waals surface area contributed by atoms with E-state index < -0.39 is 0 Å². The van der Waals surface area contributed by atoms with Gasteiger partial charge in [0.15, 0.2) is 0 Å². The minimum atomic E-state index is 0.221. The third kappa shape index (κ3) is 3.38. The van der Waals surface area contributed by atoms with Crippen LogP contribution >= 0.6 is 0 Å². The van der Waals surface area contributed by atoms with E-state index >= 15 is 0 Å². The molecule has 1 aliphatic rings.